The molecule has 0 saturated heterocycles. The summed E-state index contributed by atoms with van der Waals surface area (Å²) < 4.78 is 5.76. The lowest BCUT2D eigenvalue weighted by Crippen LogP contribution is -2.33. The van der Waals surface area contributed by atoms with Crippen molar-refractivity contribution in [2.24, 2.45) is 0 Å². The summed E-state index contributed by atoms with van der Waals surface area (Å²) in [7, 11) is 0. The summed E-state index contributed by atoms with van der Waals surface area (Å²) >= 11 is 0. The molecule has 0 aliphatic carbocycles. The van der Waals surface area contributed by atoms with Gasteiger partial charge in [0, 0.05) is 0 Å². The van der Waals surface area contributed by atoms with Crippen molar-refractivity contribution >= 4 is 0 Å². The Kier molecular flexibility index (Phi) is 3.17. The average molecular weight is 194 g/mol. The van der Waals surface area contributed by atoms with Crippen molar-refractivity contribution in [1.29, 1.82) is 0 Å². The van der Waals surface area contributed by atoms with Gasteiger partial charge in [-0.15, -0.1) is 0 Å². The molecule has 0 atom stereocenters. The van der Waals surface area contributed by atoms with Gasteiger partial charge in [-0.3, -0.25) is 0 Å². The molecule has 0 spiro atoms. The maximum atomic E-state index is 9.11. The van der Waals surface area contributed by atoms with Crippen LogP contribution in [-0.2, 0) is 0 Å². The molecule has 1 aromatic rings. The molecule has 0 radical (unpaired) electrons. The number of rotatable bonds is 3. The van der Waals surface area contributed by atoms with Gasteiger partial charge in [0.05, 0.1) is 6.61 Å². The van der Waals surface area contributed by atoms with Crippen LogP contribution in [0.15, 0.2) is 18.2 Å². The Morgan fingerprint density at radius 3 is 2.14 bits per heavy atom. The minimum Gasteiger partial charge on any atom is -0.485 e. The third kappa shape index (κ3) is 2.48. The summed E-state index contributed by atoms with van der Waals surface area (Å²) in [4.78, 5) is 0. The second kappa shape index (κ2) is 4.01. The van der Waals surface area contributed by atoms with Crippen LogP contribution in [0.1, 0.15) is 25.0 Å². The molecule has 1 rings (SSSR count). The van der Waals surface area contributed by atoms with Crippen LogP contribution in [-0.4, -0.2) is 17.3 Å². The van der Waals surface area contributed by atoms with Crippen molar-refractivity contribution in [3.63, 3.8) is 0 Å². The summed E-state index contributed by atoms with van der Waals surface area (Å²) in [5, 5.41) is 9.11. The van der Waals surface area contributed by atoms with E-state index < -0.39 is 5.60 Å². The van der Waals surface area contributed by atoms with Crippen LogP contribution in [0, 0.1) is 13.8 Å². The lowest BCUT2D eigenvalue weighted by atomic mass is 10.1. The zero-order chi connectivity index (χ0) is 10.8. The van der Waals surface area contributed by atoms with Gasteiger partial charge in [0.15, 0.2) is 0 Å². The van der Waals surface area contributed by atoms with E-state index in [9.17, 15) is 0 Å². The molecule has 0 aliphatic rings. The van der Waals surface area contributed by atoms with Gasteiger partial charge in [-0.1, -0.05) is 18.2 Å². The van der Waals surface area contributed by atoms with E-state index in [0.717, 1.165) is 16.9 Å². The Labute approximate surface area is 85.5 Å². The third-order valence-electron chi connectivity index (χ3n) is 2.17. The summed E-state index contributed by atoms with van der Waals surface area (Å²) in [6, 6.07) is 6.02. The van der Waals surface area contributed by atoms with Gasteiger partial charge < -0.3 is 9.84 Å². The largest absolute Gasteiger partial charge is 0.485 e. The van der Waals surface area contributed by atoms with E-state index in [1.807, 2.05) is 45.9 Å². The van der Waals surface area contributed by atoms with E-state index in [1.165, 1.54) is 0 Å². The summed E-state index contributed by atoms with van der Waals surface area (Å²) in [6.45, 7) is 7.78. The highest BCUT2D eigenvalue weighted by Gasteiger charge is 2.19. The number of aryl methyl sites for hydroxylation is 2. The van der Waals surface area contributed by atoms with E-state index in [2.05, 4.69) is 0 Å². The second-order valence-corrected chi connectivity index (χ2v) is 4.24. The molecule has 78 valence electrons. The molecule has 2 nitrogen and oxygen atoms in total. The van der Waals surface area contributed by atoms with Gasteiger partial charge in [-0.2, -0.15) is 0 Å². The third-order valence-corrected chi connectivity index (χ3v) is 2.17. The van der Waals surface area contributed by atoms with Crippen molar-refractivity contribution in [3.8, 4) is 5.75 Å². The Morgan fingerprint density at radius 2 is 1.71 bits per heavy atom. The highest BCUT2D eigenvalue weighted by atomic mass is 16.5. The lowest BCUT2D eigenvalue weighted by molar-refractivity contribution is 0.0401. The Balaban J connectivity index is 2.97. The molecular formula is C12H18O2. The maximum Gasteiger partial charge on any atom is 0.126 e. The van der Waals surface area contributed by atoms with Crippen LogP contribution in [0.25, 0.3) is 0 Å². The predicted molar refractivity (Wildman–Crippen MR) is 57.7 cm³/mol. The number of para-hydroxylation sites is 1. The van der Waals surface area contributed by atoms with E-state index in [1.54, 1.807) is 0 Å². The molecule has 0 saturated carbocycles. The van der Waals surface area contributed by atoms with Gasteiger partial charge in [0.2, 0.25) is 0 Å². The zero-order valence-electron chi connectivity index (χ0n) is 9.29. The molecule has 0 heterocycles. The summed E-state index contributed by atoms with van der Waals surface area (Å²) in [5.41, 5.74) is 1.69. The smallest absolute Gasteiger partial charge is 0.126 e. The quantitative estimate of drug-likeness (QED) is 0.801. The SMILES string of the molecule is Cc1cccc(C)c1OC(C)(C)CO. The molecule has 1 aromatic carbocycles. The molecule has 14 heavy (non-hydrogen) atoms. The van der Waals surface area contributed by atoms with E-state index in [-0.39, 0.29) is 6.61 Å². The summed E-state index contributed by atoms with van der Waals surface area (Å²) in [6.07, 6.45) is 0. The standard InChI is InChI=1S/C12H18O2/c1-9-6-5-7-10(2)11(9)14-12(3,4)8-13/h5-7,13H,8H2,1-4H3. The van der Waals surface area contributed by atoms with Crippen molar-refractivity contribution < 1.29 is 9.84 Å². The fourth-order valence-corrected chi connectivity index (χ4v) is 1.27. The fraction of sp³-hybridized carbons (Fsp3) is 0.500. The molecular weight excluding hydrogens is 176 g/mol. The Morgan fingerprint density at radius 1 is 1.21 bits per heavy atom. The normalized spacial score (nSPS) is 11.5. The van der Waals surface area contributed by atoms with Gasteiger partial charge in [-0.25, -0.2) is 0 Å². The van der Waals surface area contributed by atoms with Gasteiger partial charge in [-0.05, 0) is 38.8 Å². The molecule has 0 fully saturated rings. The number of hydrogen-bond donors (Lipinski definition) is 1. The first-order valence-electron chi connectivity index (χ1n) is 4.82. The molecule has 0 amide bonds. The minimum atomic E-state index is -0.517. The molecule has 0 bridgehead atoms. The van der Waals surface area contributed by atoms with E-state index in [4.69, 9.17) is 9.84 Å². The first kappa shape index (κ1) is 11.1. The van der Waals surface area contributed by atoms with Gasteiger partial charge in [0.1, 0.15) is 11.4 Å². The fourth-order valence-electron chi connectivity index (χ4n) is 1.27. The maximum absolute atomic E-state index is 9.11. The molecule has 0 aromatic heterocycles. The monoisotopic (exact) mass is 194 g/mol. The van der Waals surface area contributed by atoms with Crippen LogP contribution in [0.2, 0.25) is 0 Å². The molecule has 2 heteroatoms. The highest BCUT2D eigenvalue weighted by molar-refractivity contribution is 5.40. The van der Waals surface area contributed by atoms with Crippen LogP contribution in [0.3, 0.4) is 0 Å². The highest BCUT2D eigenvalue weighted by Crippen LogP contribution is 2.26. The molecule has 0 unspecified atom stereocenters. The van der Waals surface area contributed by atoms with Crippen LogP contribution >= 0.6 is 0 Å². The minimum absolute atomic E-state index is 0.0147. The first-order valence-corrected chi connectivity index (χ1v) is 4.82. The van der Waals surface area contributed by atoms with Gasteiger partial charge in [0.25, 0.3) is 0 Å². The number of aliphatic hydroxyl groups is 1. The average Bonchev–Trinajstić information content (AvgIpc) is 2.12. The van der Waals surface area contributed by atoms with Gasteiger partial charge >= 0.3 is 0 Å². The number of aliphatic hydroxyl groups excluding tert-OH is 1. The Bertz CT molecular complexity index is 296. The van der Waals surface area contributed by atoms with E-state index >= 15 is 0 Å². The first-order chi connectivity index (χ1) is 6.46. The van der Waals surface area contributed by atoms with Crippen molar-refractivity contribution in [2.45, 2.75) is 33.3 Å². The predicted octanol–water partition coefficient (Wildman–Crippen LogP) is 2.45. The number of ether oxygens (including phenoxy) is 1. The van der Waals surface area contributed by atoms with Crippen molar-refractivity contribution in [3.05, 3.63) is 29.3 Å². The van der Waals surface area contributed by atoms with Crippen LogP contribution < -0.4 is 4.74 Å². The second-order valence-electron chi connectivity index (χ2n) is 4.24. The Hall–Kier alpha value is -1.02. The lowest BCUT2D eigenvalue weighted by Gasteiger charge is -2.26. The number of hydrogen-bond acceptors (Lipinski definition) is 2. The molecule has 1 N–H and O–H groups in total. The van der Waals surface area contributed by atoms with E-state index in [0.29, 0.717) is 0 Å². The van der Waals surface area contributed by atoms with Crippen LogP contribution in [0.4, 0.5) is 0 Å². The van der Waals surface area contributed by atoms with Crippen molar-refractivity contribution in [2.75, 3.05) is 6.61 Å². The van der Waals surface area contributed by atoms with Crippen LogP contribution in [0.5, 0.6) is 5.75 Å². The van der Waals surface area contributed by atoms with Crippen molar-refractivity contribution in [1.82, 2.24) is 0 Å². The zero-order valence-corrected chi connectivity index (χ0v) is 9.29. The number of benzene rings is 1. The topological polar surface area (TPSA) is 29.5 Å². The summed E-state index contributed by atoms with van der Waals surface area (Å²) in [5.74, 6) is 0.881. The molecule has 0 aliphatic heterocycles.